The van der Waals surface area contributed by atoms with E-state index in [4.69, 9.17) is 11.6 Å². The summed E-state index contributed by atoms with van der Waals surface area (Å²) in [5.41, 5.74) is 0.182. The number of pyridine rings is 1. The smallest absolute Gasteiger partial charge is 0.250 e. The molecule has 8 heteroatoms. The third kappa shape index (κ3) is 3.18. The zero-order valence-electron chi connectivity index (χ0n) is 17.8. The van der Waals surface area contributed by atoms with E-state index in [9.17, 15) is 19.2 Å². The minimum Gasteiger partial charge on any atom is -0.342 e. The maximum Gasteiger partial charge on any atom is 0.250 e. The lowest BCUT2D eigenvalue weighted by Gasteiger charge is -2.43. The van der Waals surface area contributed by atoms with Crippen molar-refractivity contribution in [2.45, 2.75) is 37.1 Å². The highest BCUT2D eigenvalue weighted by atomic mass is 35.5. The molecule has 2 saturated heterocycles. The van der Waals surface area contributed by atoms with Gasteiger partial charge in [-0.1, -0.05) is 35.9 Å². The molecule has 3 atom stereocenters. The number of aromatic nitrogens is 1. The largest absolute Gasteiger partial charge is 0.342 e. The molecule has 5 rings (SSSR count). The number of benzene rings is 1. The Morgan fingerprint density at radius 1 is 1.06 bits per heavy atom. The van der Waals surface area contributed by atoms with Crippen LogP contribution in [0.3, 0.4) is 0 Å². The third-order valence-corrected chi connectivity index (χ3v) is 7.55. The average Bonchev–Trinajstić information content (AvgIpc) is 2.99. The Balaban J connectivity index is 1.46. The lowest BCUT2D eigenvalue weighted by atomic mass is 9.75. The van der Waals surface area contributed by atoms with Crippen molar-refractivity contribution in [1.29, 1.82) is 0 Å². The first-order valence-corrected chi connectivity index (χ1v) is 11.2. The molecule has 0 spiro atoms. The molecule has 166 valence electrons. The number of rotatable bonds is 3. The summed E-state index contributed by atoms with van der Waals surface area (Å²) in [6.45, 7) is 1.62. The third-order valence-electron chi connectivity index (χ3n) is 7.22. The van der Waals surface area contributed by atoms with Crippen molar-refractivity contribution in [1.82, 2.24) is 14.4 Å². The van der Waals surface area contributed by atoms with Crippen LogP contribution in [0.5, 0.6) is 0 Å². The summed E-state index contributed by atoms with van der Waals surface area (Å²) in [4.78, 5) is 54.4. The first kappa shape index (κ1) is 20.9. The minimum absolute atomic E-state index is 0.00671. The van der Waals surface area contributed by atoms with E-state index in [0.29, 0.717) is 30.2 Å². The Morgan fingerprint density at radius 2 is 1.84 bits per heavy atom. The van der Waals surface area contributed by atoms with E-state index in [-0.39, 0.29) is 42.1 Å². The lowest BCUT2D eigenvalue weighted by molar-refractivity contribution is -0.142. The highest BCUT2D eigenvalue weighted by molar-refractivity contribution is 6.32. The Morgan fingerprint density at radius 3 is 2.56 bits per heavy atom. The molecule has 0 N–H and O–H groups in total. The van der Waals surface area contributed by atoms with E-state index in [2.05, 4.69) is 0 Å². The molecule has 3 unspecified atom stereocenters. The number of amides is 3. The molecule has 0 aliphatic carbocycles. The van der Waals surface area contributed by atoms with Crippen molar-refractivity contribution in [3.63, 3.8) is 0 Å². The van der Waals surface area contributed by atoms with Crippen LogP contribution in [0, 0.1) is 5.92 Å². The Bertz CT molecular complexity index is 1190. The molecule has 1 aromatic carbocycles. The molecule has 3 aliphatic heterocycles. The fourth-order valence-corrected chi connectivity index (χ4v) is 5.97. The fraction of sp³-hybridized carbons (Fsp3) is 0.417. The first-order valence-electron chi connectivity index (χ1n) is 10.8. The van der Waals surface area contributed by atoms with Gasteiger partial charge in [0.2, 0.25) is 17.7 Å². The van der Waals surface area contributed by atoms with E-state index in [1.165, 1.54) is 7.05 Å². The number of halogens is 1. The van der Waals surface area contributed by atoms with Crippen LogP contribution in [0.25, 0.3) is 0 Å². The van der Waals surface area contributed by atoms with Gasteiger partial charge in [0.1, 0.15) is 0 Å². The van der Waals surface area contributed by atoms with E-state index < -0.39 is 11.3 Å². The van der Waals surface area contributed by atoms with Crippen LogP contribution in [-0.2, 0) is 26.3 Å². The Labute approximate surface area is 190 Å². The number of likely N-dealkylation sites (N-methyl/N-ethyl adjacent to an activating group) is 1. The first-order chi connectivity index (χ1) is 15.3. The summed E-state index contributed by atoms with van der Waals surface area (Å²) >= 11 is 6.43. The number of imide groups is 1. The van der Waals surface area contributed by atoms with Gasteiger partial charge >= 0.3 is 0 Å². The Hall–Kier alpha value is -2.93. The Kier molecular flexibility index (Phi) is 4.97. The van der Waals surface area contributed by atoms with Gasteiger partial charge in [-0.2, -0.15) is 0 Å². The van der Waals surface area contributed by atoms with Crippen LogP contribution in [0.15, 0.2) is 47.3 Å². The number of hydrogen-bond donors (Lipinski definition) is 0. The summed E-state index contributed by atoms with van der Waals surface area (Å²) in [6.07, 6.45) is 0.756. The van der Waals surface area contributed by atoms with E-state index in [1.807, 2.05) is 10.6 Å². The van der Waals surface area contributed by atoms with Crippen molar-refractivity contribution in [3.8, 4) is 0 Å². The molecule has 4 heterocycles. The quantitative estimate of drug-likeness (QED) is 0.667. The molecule has 0 radical (unpaired) electrons. The molecular formula is C24H24ClN3O4. The second kappa shape index (κ2) is 7.59. The monoisotopic (exact) mass is 453 g/mol. The molecule has 3 amide bonds. The fourth-order valence-electron chi connectivity index (χ4n) is 5.65. The normalized spacial score (nSPS) is 26.9. The standard InChI is InChI=1S/C24H24ClN3O4/c1-26-21(30)10-24(23(26)32,17-5-2-3-6-18(17)25)11-22(31)27-12-15-9-16(14-27)19-7-4-8-20(29)28(19)13-15/h2-8,15-16H,9-14H2,1H3. The molecule has 7 nitrogen and oxygen atoms in total. The number of likely N-dealkylation sites (tertiary alicyclic amines) is 2. The predicted molar refractivity (Wildman–Crippen MR) is 118 cm³/mol. The zero-order chi connectivity index (χ0) is 22.6. The molecule has 32 heavy (non-hydrogen) atoms. The molecule has 1 aromatic heterocycles. The van der Waals surface area contributed by atoms with Crippen LogP contribution < -0.4 is 5.56 Å². The maximum absolute atomic E-state index is 13.5. The van der Waals surface area contributed by atoms with Crippen molar-refractivity contribution in [2.24, 2.45) is 5.92 Å². The number of fused-ring (bicyclic) bond motifs is 4. The van der Waals surface area contributed by atoms with Crippen molar-refractivity contribution in [3.05, 3.63) is 69.1 Å². The molecule has 3 aliphatic rings. The average molecular weight is 454 g/mol. The second-order valence-electron chi connectivity index (χ2n) is 9.17. The van der Waals surface area contributed by atoms with Gasteiger partial charge in [-0.25, -0.2) is 0 Å². The summed E-state index contributed by atoms with van der Waals surface area (Å²) in [7, 11) is 1.45. The highest BCUT2D eigenvalue weighted by Gasteiger charge is 2.54. The van der Waals surface area contributed by atoms with Gasteiger partial charge in [0.05, 0.1) is 5.41 Å². The van der Waals surface area contributed by atoms with Crippen LogP contribution in [-0.4, -0.2) is 52.2 Å². The molecule has 2 bridgehead atoms. The highest BCUT2D eigenvalue weighted by Crippen LogP contribution is 2.43. The SMILES string of the molecule is CN1C(=O)CC(CC(=O)N2CC3CC(C2)c2cccc(=O)n2C3)(c2ccccc2Cl)C1=O. The van der Waals surface area contributed by atoms with Crippen LogP contribution in [0.2, 0.25) is 5.02 Å². The van der Waals surface area contributed by atoms with Crippen LogP contribution in [0.4, 0.5) is 0 Å². The van der Waals surface area contributed by atoms with Gasteiger partial charge in [0, 0.05) is 62.2 Å². The molecule has 2 aromatic rings. The number of hydrogen-bond acceptors (Lipinski definition) is 4. The number of nitrogens with zero attached hydrogens (tertiary/aromatic N) is 3. The van der Waals surface area contributed by atoms with Gasteiger partial charge in [-0.15, -0.1) is 0 Å². The predicted octanol–water partition coefficient (Wildman–Crippen LogP) is 2.16. The minimum atomic E-state index is -1.29. The molecule has 0 saturated carbocycles. The van der Waals surface area contributed by atoms with Gasteiger partial charge < -0.3 is 9.47 Å². The van der Waals surface area contributed by atoms with Gasteiger partial charge in [-0.3, -0.25) is 24.1 Å². The lowest BCUT2D eigenvalue weighted by Crippen LogP contribution is -2.51. The van der Waals surface area contributed by atoms with Gasteiger partial charge in [-0.05, 0) is 30.0 Å². The van der Waals surface area contributed by atoms with Crippen molar-refractivity contribution < 1.29 is 14.4 Å². The summed E-state index contributed by atoms with van der Waals surface area (Å²) in [6, 6.07) is 12.2. The number of carbonyl (C=O) groups is 3. The van der Waals surface area contributed by atoms with Crippen LogP contribution >= 0.6 is 11.6 Å². The summed E-state index contributed by atoms with van der Waals surface area (Å²) in [5, 5.41) is 0.376. The number of piperidine rings is 1. The molecule has 2 fully saturated rings. The maximum atomic E-state index is 13.5. The molecular weight excluding hydrogens is 430 g/mol. The number of carbonyl (C=O) groups excluding carboxylic acids is 3. The summed E-state index contributed by atoms with van der Waals surface area (Å²) < 4.78 is 1.82. The second-order valence-corrected chi connectivity index (χ2v) is 9.58. The van der Waals surface area contributed by atoms with Crippen LogP contribution in [0.1, 0.15) is 36.4 Å². The van der Waals surface area contributed by atoms with Gasteiger partial charge in [0.25, 0.3) is 5.56 Å². The van der Waals surface area contributed by atoms with E-state index >= 15 is 0 Å². The van der Waals surface area contributed by atoms with Gasteiger partial charge in [0.15, 0.2) is 0 Å². The van der Waals surface area contributed by atoms with E-state index in [0.717, 1.165) is 17.0 Å². The van der Waals surface area contributed by atoms with E-state index in [1.54, 1.807) is 41.3 Å². The van der Waals surface area contributed by atoms with Crippen molar-refractivity contribution in [2.75, 3.05) is 20.1 Å². The topological polar surface area (TPSA) is 79.7 Å². The summed E-state index contributed by atoms with van der Waals surface area (Å²) in [5.74, 6) is -0.599. The zero-order valence-corrected chi connectivity index (χ0v) is 18.5. The van der Waals surface area contributed by atoms with Crippen molar-refractivity contribution >= 4 is 29.3 Å².